The smallest absolute Gasteiger partial charge is 0.691 e. The van der Waals surface area contributed by atoms with E-state index in [1.807, 2.05) is 55.5 Å². The molecule has 482 valence electrons. The first kappa shape index (κ1) is 71.0. The Labute approximate surface area is 550 Å². The number of hydrogen-bond acceptors (Lipinski definition) is 24. The zero-order chi connectivity index (χ0) is 65.1. The number of aliphatic hydroxyl groups is 6. The maximum atomic E-state index is 14.7. The van der Waals surface area contributed by atoms with E-state index < -0.39 is 177 Å². The van der Waals surface area contributed by atoms with Gasteiger partial charge in [-0.25, -0.2) is 0 Å². The van der Waals surface area contributed by atoms with Gasteiger partial charge in [-0.3, -0.25) is 43.4 Å². The Morgan fingerprint density at radius 2 is 1.35 bits per heavy atom. The standard InChI is InChI=1S/C58H68N10O20S2.Na/c1-4-85-37-16-14-31(15-17-37)30-6-10-33(11-7-30)55-65-66-56(89-55)34-12-8-32(9-13-34)50(77)61-38-21-35(70)24-60-54(81)48-49(76)27(2)25-68(48)58(83)47(42(74)23-44(59)75)64-53(80)46(41(73)19-29-5-18-40(72)43(20-29)86-90-88-87-84)63-52(79)39-22-36(71)26-67(39)57(82)45(28(3)69)62-51(38)78;/h5-18,20,27-28,35-36,38-39,41-42,45-49,69-74,76,84H,4,19,21-26H2,1-3H3,(H2,59,75)(H,60,81)(H,61,77)(H,62,78)(H,63,79)(H,64,80);/q;+1/p-1. The van der Waals surface area contributed by atoms with Crippen LogP contribution in [0.2, 0.25) is 0 Å². The van der Waals surface area contributed by atoms with Crippen molar-refractivity contribution in [3.05, 3.63) is 102 Å². The molecule has 0 bridgehead atoms. The van der Waals surface area contributed by atoms with E-state index in [1.54, 1.807) is 12.1 Å². The number of aromatic nitrogens is 2. The van der Waals surface area contributed by atoms with Crippen LogP contribution in [0.4, 0.5) is 0 Å². The normalized spacial score (nSPS) is 24.6. The second-order valence-electron chi connectivity index (χ2n) is 21.8. The number of benzene rings is 4. The Morgan fingerprint density at radius 1 is 0.758 bits per heavy atom. The third-order valence-corrected chi connectivity index (χ3v) is 16.6. The third kappa shape index (κ3) is 17.8. The van der Waals surface area contributed by atoms with Crippen molar-refractivity contribution in [2.75, 3.05) is 26.2 Å². The molecule has 14 N–H and O–H groups in total. The average Bonchev–Trinajstić information content (AvgIpc) is 1.74. The molecular weight excluding hydrogens is 1240 g/mol. The van der Waals surface area contributed by atoms with Crippen molar-refractivity contribution in [2.45, 2.75) is 119 Å². The second-order valence-corrected chi connectivity index (χ2v) is 23.2. The van der Waals surface area contributed by atoms with Crippen LogP contribution in [0.1, 0.15) is 56.0 Å². The summed E-state index contributed by atoms with van der Waals surface area (Å²) in [6.07, 6.45) is -13.7. The SMILES string of the molecule is CCOc1ccc(-c2ccc(-c3nnc(-c4ccc(C(=O)NC5CC(O)CNC(=O)C6C(O)C(C)CN6C(=O)C(C(O)CC(N)=O)NC(=O)C(C(O)Cc6ccc(O)c(OSOO[O-])c6)NC(=O)C6CC(O)CN6C(=O)C(C(C)O)NC5=O)cc4)s3)cc2)cc1.[Na+]. The molecule has 0 radical (unpaired) electrons. The number of amides is 8. The van der Waals surface area contributed by atoms with E-state index in [4.69, 9.17) is 14.7 Å². The summed E-state index contributed by atoms with van der Waals surface area (Å²) in [7, 11) is 0. The maximum absolute atomic E-state index is 14.7. The Kier molecular flexibility index (Phi) is 25.2. The molecule has 4 aromatic carbocycles. The molecule has 4 heterocycles. The Balaban J connectivity index is 0.0000118. The minimum Gasteiger partial charge on any atom is -0.691 e. The quantitative estimate of drug-likeness (QED) is 0.0128. The molecule has 3 aliphatic heterocycles. The Bertz CT molecular complexity index is 3390. The minimum absolute atomic E-state index is 0. The summed E-state index contributed by atoms with van der Waals surface area (Å²) in [5.74, 6) is -10.4. The van der Waals surface area contributed by atoms with Gasteiger partial charge in [0.25, 0.3) is 18.2 Å². The molecule has 0 aliphatic carbocycles. The number of nitrogens with two attached hydrogens (primary N) is 1. The van der Waals surface area contributed by atoms with E-state index in [0.717, 1.165) is 51.3 Å². The van der Waals surface area contributed by atoms with Crippen LogP contribution < -0.4 is 76.1 Å². The summed E-state index contributed by atoms with van der Waals surface area (Å²) in [6.45, 7) is 3.30. The summed E-state index contributed by atoms with van der Waals surface area (Å²) in [6, 6.07) is 13.2. The van der Waals surface area contributed by atoms with Crippen LogP contribution in [0.25, 0.3) is 32.3 Å². The van der Waals surface area contributed by atoms with Gasteiger partial charge in [0.15, 0.2) is 11.5 Å². The molecule has 3 fully saturated rings. The van der Waals surface area contributed by atoms with Crippen LogP contribution in [0.5, 0.6) is 17.2 Å². The molecule has 1 aromatic heterocycles. The number of carbonyl (C=O) groups excluding carboxylic acids is 8. The number of nitrogens with one attached hydrogen (secondary N) is 5. The molecule has 91 heavy (non-hydrogen) atoms. The first-order valence-electron chi connectivity index (χ1n) is 28.3. The Morgan fingerprint density at radius 3 is 1.97 bits per heavy atom. The van der Waals surface area contributed by atoms with Crippen molar-refractivity contribution in [2.24, 2.45) is 11.7 Å². The van der Waals surface area contributed by atoms with Gasteiger partial charge in [-0.2, -0.15) is 0 Å². The fraction of sp³-hybridized carbons (Fsp3) is 0.414. The first-order chi connectivity index (χ1) is 42.9. The molecule has 0 spiro atoms. The van der Waals surface area contributed by atoms with Gasteiger partial charge in [0, 0.05) is 61.5 Å². The van der Waals surface area contributed by atoms with Gasteiger partial charge in [0.2, 0.25) is 41.4 Å². The number of primary amides is 1. The van der Waals surface area contributed by atoms with Gasteiger partial charge < -0.3 is 92.0 Å². The van der Waals surface area contributed by atoms with E-state index >= 15 is 0 Å². The van der Waals surface area contributed by atoms with E-state index in [1.165, 1.54) is 36.5 Å². The predicted molar refractivity (Wildman–Crippen MR) is 315 cm³/mol. The number of β-amino-alcohol motifs (C(OH)–C–C–N with tert-alkyl or cyclic N) is 1. The van der Waals surface area contributed by atoms with Crippen molar-refractivity contribution >= 4 is 70.9 Å². The fourth-order valence-electron chi connectivity index (χ4n) is 10.6. The number of carbonyl (C=O) groups is 8. The molecule has 30 nitrogen and oxygen atoms in total. The van der Waals surface area contributed by atoms with Gasteiger partial charge >= 0.3 is 29.6 Å². The van der Waals surface area contributed by atoms with Gasteiger partial charge in [-0.15, -0.1) is 14.5 Å². The molecule has 0 saturated carbocycles. The first-order valence-corrected chi connectivity index (χ1v) is 29.8. The molecule has 8 amide bonds. The number of phenolic OH excluding ortho intramolecular Hbond substituents is 1. The largest absolute Gasteiger partial charge is 1.00 e. The van der Waals surface area contributed by atoms with Crippen molar-refractivity contribution < 1.29 is 127 Å². The number of ether oxygens (including phenoxy) is 1. The molecule has 13 atom stereocenters. The summed E-state index contributed by atoms with van der Waals surface area (Å²) < 4.78 is 14.7. The van der Waals surface area contributed by atoms with E-state index in [0.29, 0.717) is 22.2 Å². The van der Waals surface area contributed by atoms with E-state index in [9.17, 15) is 79.4 Å². The van der Waals surface area contributed by atoms with Crippen molar-refractivity contribution in [3.8, 4) is 49.5 Å². The summed E-state index contributed by atoms with van der Waals surface area (Å²) in [4.78, 5) is 115. The molecule has 13 unspecified atom stereocenters. The summed E-state index contributed by atoms with van der Waals surface area (Å²) in [5, 5.41) is 114. The van der Waals surface area contributed by atoms with E-state index in [-0.39, 0.29) is 58.8 Å². The van der Waals surface area contributed by atoms with Crippen LogP contribution in [-0.2, 0) is 49.4 Å². The number of phenols is 1. The molecular formula is C58H67N10NaO20S2. The Hall–Kier alpha value is -7.41. The van der Waals surface area contributed by atoms with Crippen molar-refractivity contribution in [3.63, 3.8) is 0 Å². The monoisotopic (exact) mass is 1310 g/mol. The van der Waals surface area contributed by atoms with Crippen molar-refractivity contribution in [1.29, 1.82) is 0 Å². The molecule has 33 heteroatoms. The number of hydrogen-bond donors (Lipinski definition) is 13. The molecule has 3 aliphatic rings. The number of fused-ring (bicyclic) bond motifs is 2. The summed E-state index contributed by atoms with van der Waals surface area (Å²) in [5.41, 5.74) is 8.82. The van der Waals surface area contributed by atoms with Crippen LogP contribution in [-0.4, -0.2) is 202 Å². The zero-order valence-corrected chi connectivity index (χ0v) is 53.1. The number of aliphatic hydroxyl groups excluding tert-OH is 6. The summed E-state index contributed by atoms with van der Waals surface area (Å²) >= 11 is 1.28. The number of aromatic hydroxyl groups is 1. The second kappa shape index (κ2) is 32.2. The molecule has 5 aromatic rings. The van der Waals surface area contributed by atoms with Crippen LogP contribution in [0, 0.1) is 5.92 Å². The maximum Gasteiger partial charge on any atom is 1.00 e. The van der Waals surface area contributed by atoms with Crippen LogP contribution in [0.15, 0.2) is 91.0 Å². The topological polar surface area (TPSA) is 457 Å². The predicted octanol–water partition coefficient (Wildman–Crippen LogP) is -5.36. The average molecular weight is 1310 g/mol. The van der Waals surface area contributed by atoms with Crippen LogP contribution >= 0.6 is 23.7 Å². The van der Waals surface area contributed by atoms with E-state index in [2.05, 4.69) is 46.2 Å². The molecule has 3 saturated heterocycles. The van der Waals surface area contributed by atoms with Gasteiger partial charge in [-0.1, -0.05) is 72.9 Å². The molecule has 8 rings (SSSR count). The van der Waals surface area contributed by atoms with Crippen LogP contribution in [0.3, 0.4) is 0 Å². The minimum atomic E-state index is -2.23. The van der Waals surface area contributed by atoms with Gasteiger partial charge in [-0.05, 0) is 66.9 Å². The third-order valence-electron chi connectivity index (χ3n) is 15.3. The number of rotatable bonds is 18. The van der Waals surface area contributed by atoms with Crippen molar-refractivity contribution in [1.82, 2.24) is 46.6 Å². The zero-order valence-electron chi connectivity index (χ0n) is 49.4. The fourth-order valence-corrected chi connectivity index (χ4v) is 11.7. The number of nitrogens with zero attached hydrogens (tertiary/aromatic N) is 4. The van der Waals surface area contributed by atoms with Gasteiger partial charge in [0.1, 0.15) is 52.0 Å². The van der Waals surface area contributed by atoms with Gasteiger partial charge in [0.05, 0.1) is 49.7 Å².